The van der Waals surface area contributed by atoms with E-state index in [1.54, 1.807) is 4.90 Å². The number of carbonyl (C=O) groups is 2. The molecule has 0 saturated carbocycles. The van der Waals surface area contributed by atoms with Gasteiger partial charge >= 0.3 is 0 Å². The number of nitrogens with zero attached hydrogens (tertiary/aromatic N) is 2. The monoisotopic (exact) mass is 334 g/mol. The molecule has 130 valence electrons. The van der Waals surface area contributed by atoms with E-state index in [2.05, 4.69) is 0 Å². The third-order valence-electron chi connectivity index (χ3n) is 4.84. The molecule has 2 aliphatic heterocycles. The Morgan fingerprint density at radius 1 is 1.25 bits per heavy atom. The predicted molar refractivity (Wildman–Crippen MR) is 87.0 cm³/mol. The van der Waals surface area contributed by atoms with Gasteiger partial charge in [0.05, 0.1) is 6.10 Å². The number of rotatable bonds is 2. The number of fused-ring (bicyclic) bond motifs is 1. The molecule has 1 aromatic rings. The number of amides is 2. The van der Waals surface area contributed by atoms with Crippen molar-refractivity contribution in [1.82, 2.24) is 9.80 Å². The number of halogens is 1. The van der Waals surface area contributed by atoms with Crippen molar-refractivity contribution in [2.24, 2.45) is 5.92 Å². The van der Waals surface area contributed by atoms with Gasteiger partial charge in [-0.2, -0.15) is 0 Å². The van der Waals surface area contributed by atoms with Gasteiger partial charge in [0.1, 0.15) is 12.4 Å². The van der Waals surface area contributed by atoms with Gasteiger partial charge in [0.25, 0.3) is 5.91 Å². The van der Waals surface area contributed by atoms with Crippen LogP contribution in [0.25, 0.3) is 0 Å². The molecule has 2 amide bonds. The van der Waals surface area contributed by atoms with Gasteiger partial charge < -0.3 is 14.5 Å². The average molecular weight is 334 g/mol. The summed E-state index contributed by atoms with van der Waals surface area (Å²) < 4.78 is 18.8. The van der Waals surface area contributed by atoms with Crippen LogP contribution in [0.3, 0.4) is 0 Å². The maximum absolute atomic E-state index is 13.0. The normalized spacial score (nSPS) is 24.8. The highest BCUT2D eigenvalue weighted by molar-refractivity contribution is 5.94. The number of benzene rings is 1. The van der Waals surface area contributed by atoms with Gasteiger partial charge in [-0.1, -0.05) is 0 Å². The molecule has 0 aromatic heterocycles. The number of hydrogen-bond acceptors (Lipinski definition) is 3. The lowest BCUT2D eigenvalue weighted by Gasteiger charge is -2.38. The highest BCUT2D eigenvalue weighted by atomic mass is 19.1. The molecule has 2 aliphatic rings. The Balaban J connectivity index is 1.72. The van der Waals surface area contributed by atoms with Gasteiger partial charge in [-0.25, -0.2) is 4.39 Å². The van der Waals surface area contributed by atoms with Gasteiger partial charge in [-0.3, -0.25) is 9.59 Å². The van der Waals surface area contributed by atoms with E-state index in [9.17, 15) is 14.0 Å². The zero-order valence-electron chi connectivity index (χ0n) is 14.1. The molecule has 1 aromatic carbocycles. The maximum Gasteiger partial charge on any atom is 0.253 e. The van der Waals surface area contributed by atoms with Crippen LogP contribution >= 0.6 is 0 Å². The third kappa shape index (κ3) is 3.43. The Morgan fingerprint density at radius 2 is 1.96 bits per heavy atom. The van der Waals surface area contributed by atoms with Crippen molar-refractivity contribution < 1.29 is 18.7 Å². The van der Waals surface area contributed by atoms with Crippen LogP contribution in [-0.2, 0) is 9.53 Å². The van der Waals surface area contributed by atoms with Crippen LogP contribution in [0, 0.1) is 11.7 Å². The van der Waals surface area contributed by atoms with Crippen molar-refractivity contribution in [2.75, 3.05) is 26.2 Å². The molecule has 6 heteroatoms. The first-order chi connectivity index (χ1) is 11.5. The molecule has 0 unspecified atom stereocenters. The highest BCUT2D eigenvalue weighted by Crippen LogP contribution is 2.26. The molecule has 2 fully saturated rings. The van der Waals surface area contributed by atoms with Crippen LogP contribution in [0.5, 0.6) is 0 Å². The van der Waals surface area contributed by atoms with Crippen molar-refractivity contribution in [3.8, 4) is 0 Å². The summed E-state index contributed by atoms with van der Waals surface area (Å²) >= 11 is 0. The van der Waals surface area contributed by atoms with Gasteiger partial charge in [-0.05, 0) is 44.5 Å². The van der Waals surface area contributed by atoms with E-state index in [1.165, 1.54) is 24.3 Å². The molecule has 3 rings (SSSR count). The van der Waals surface area contributed by atoms with Crippen LogP contribution in [0.4, 0.5) is 4.39 Å². The van der Waals surface area contributed by atoms with E-state index in [-0.39, 0.29) is 42.3 Å². The summed E-state index contributed by atoms with van der Waals surface area (Å²) in [6.07, 6.45) is 0.728. The number of likely N-dealkylation sites (tertiary alicyclic amines) is 1. The molecule has 0 aliphatic carbocycles. The van der Waals surface area contributed by atoms with Crippen molar-refractivity contribution in [2.45, 2.75) is 32.4 Å². The second kappa shape index (κ2) is 6.89. The smallest absolute Gasteiger partial charge is 0.253 e. The van der Waals surface area contributed by atoms with Crippen molar-refractivity contribution in [3.05, 3.63) is 35.6 Å². The summed E-state index contributed by atoms with van der Waals surface area (Å²) in [6, 6.07) is 5.74. The maximum atomic E-state index is 13.0. The van der Waals surface area contributed by atoms with E-state index >= 15 is 0 Å². The largest absolute Gasteiger partial charge is 0.368 e. The minimum Gasteiger partial charge on any atom is -0.368 e. The molecule has 0 radical (unpaired) electrons. The highest BCUT2D eigenvalue weighted by Gasteiger charge is 2.37. The third-order valence-corrected chi connectivity index (χ3v) is 4.84. The number of ether oxygens (including phenoxy) is 1. The predicted octanol–water partition coefficient (Wildman–Crippen LogP) is 1.92. The topological polar surface area (TPSA) is 49.9 Å². The Hall–Kier alpha value is -1.95. The van der Waals surface area contributed by atoms with Gasteiger partial charge in [-0.15, -0.1) is 0 Å². The summed E-state index contributed by atoms with van der Waals surface area (Å²) in [5.41, 5.74) is 0.487. The number of carbonyl (C=O) groups excluding carboxylic acids is 2. The molecule has 2 saturated heterocycles. The lowest BCUT2D eigenvalue weighted by molar-refractivity contribution is -0.136. The van der Waals surface area contributed by atoms with E-state index in [4.69, 9.17) is 4.74 Å². The molecule has 0 N–H and O–H groups in total. The van der Waals surface area contributed by atoms with E-state index in [0.717, 1.165) is 6.42 Å². The van der Waals surface area contributed by atoms with Gasteiger partial charge in [0.15, 0.2) is 0 Å². The van der Waals surface area contributed by atoms with Crippen LogP contribution in [0.15, 0.2) is 24.3 Å². The minimum atomic E-state index is -0.353. The van der Waals surface area contributed by atoms with Crippen LogP contribution in [0.2, 0.25) is 0 Å². The van der Waals surface area contributed by atoms with Crippen LogP contribution in [0.1, 0.15) is 30.6 Å². The van der Waals surface area contributed by atoms with Crippen LogP contribution < -0.4 is 0 Å². The number of piperidine rings is 1. The summed E-state index contributed by atoms with van der Waals surface area (Å²) in [4.78, 5) is 28.4. The van der Waals surface area contributed by atoms with Crippen molar-refractivity contribution in [1.29, 1.82) is 0 Å². The first kappa shape index (κ1) is 16.9. The summed E-state index contributed by atoms with van der Waals surface area (Å²) in [5, 5.41) is 0. The molecule has 24 heavy (non-hydrogen) atoms. The molecule has 0 spiro atoms. The second-order valence-electron chi connectivity index (χ2n) is 6.80. The van der Waals surface area contributed by atoms with Crippen LogP contribution in [-0.4, -0.2) is 60.0 Å². The average Bonchev–Trinajstić information content (AvgIpc) is 2.74. The van der Waals surface area contributed by atoms with Gasteiger partial charge in [0, 0.05) is 37.2 Å². The van der Waals surface area contributed by atoms with Crippen molar-refractivity contribution in [3.63, 3.8) is 0 Å². The zero-order chi connectivity index (χ0) is 17.3. The molecule has 2 heterocycles. The standard InChI is InChI=1S/C18H23FN2O3/c1-12(2)21-10-14-9-20(8-7-16(14)24-11-17(21)22)18(23)13-3-5-15(19)6-4-13/h3-6,12,14,16H,7-11H2,1-2H3/t14-,16+/m1/s1. The minimum absolute atomic E-state index is 0.00923. The molecular formula is C18H23FN2O3. The first-order valence-corrected chi connectivity index (χ1v) is 8.41. The first-order valence-electron chi connectivity index (χ1n) is 8.41. The summed E-state index contributed by atoms with van der Waals surface area (Å²) in [6.45, 7) is 5.84. The Labute approximate surface area is 141 Å². The fraction of sp³-hybridized carbons (Fsp3) is 0.556. The van der Waals surface area contributed by atoms with E-state index < -0.39 is 0 Å². The molecule has 2 atom stereocenters. The Bertz CT molecular complexity index is 617. The lowest BCUT2D eigenvalue weighted by atomic mass is 9.93. The zero-order valence-corrected chi connectivity index (χ0v) is 14.1. The molecule has 5 nitrogen and oxygen atoms in total. The number of hydrogen-bond donors (Lipinski definition) is 0. The van der Waals surface area contributed by atoms with Crippen molar-refractivity contribution >= 4 is 11.8 Å². The molecular weight excluding hydrogens is 311 g/mol. The van der Waals surface area contributed by atoms with Gasteiger partial charge in [0.2, 0.25) is 5.91 Å². The fourth-order valence-corrected chi connectivity index (χ4v) is 3.48. The summed E-state index contributed by atoms with van der Waals surface area (Å²) in [7, 11) is 0. The van der Waals surface area contributed by atoms with E-state index in [1.807, 2.05) is 18.7 Å². The Kier molecular flexibility index (Phi) is 4.85. The SMILES string of the molecule is CC(C)N1C[C@H]2CN(C(=O)c3ccc(F)cc3)CC[C@@H]2OCC1=O. The molecule has 0 bridgehead atoms. The quantitative estimate of drug-likeness (QED) is 0.830. The van der Waals surface area contributed by atoms with E-state index in [0.29, 0.717) is 25.2 Å². The fourth-order valence-electron chi connectivity index (χ4n) is 3.48. The Morgan fingerprint density at radius 3 is 2.62 bits per heavy atom. The second-order valence-corrected chi connectivity index (χ2v) is 6.80. The summed E-state index contributed by atoms with van der Waals surface area (Å²) in [5.74, 6) is -0.332. The lowest BCUT2D eigenvalue weighted by Crippen LogP contribution is -2.50.